The average Bonchev–Trinajstić information content (AvgIpc) is 2.72. The van der Waals surface area contributed by atoms with Crippen molar-refractivity contribution in [2.45, 2.75) is 25.4 Å². The van der Waals surface area contributed by atoms with Crippen LogP contribution in [0.4, 0.5) is 4.39 Å². The van der Waals surface area contributed by atoms with E-state index in [1.165, 1.54) is 0 Å². The Kier molecular flexibility index (Phi) is 2.88. The van der Waals surface area contributed by atoms with E-state index in [9.17, 15) is 4.39 Å². The lowest BCUT2D eigenvalue weighted by atomic mass is 9.81. The van der Waals surface area contributed by atoms with Gasteiger partial charge in [0.15, 0.2) is 0 Å². The Labute approximate surface area is 88.3 Å². The number of piperidine rings is 1. The van der Waals surface area contributed by atoms with Crippen LogP contribution in [0.3, 0.4) is 0 Å². The molecule has 0 bridgehead atoms. The normalized spacial score (nSPS) is 27.1. The second-order valence-electron chi connectivity index (χ2n) is 4.13. The molecule has 1 aromatic rings. The minimum absolute atomic E-state index is 0.130. The number of hydrogen-bond donors (Lipinski definition) is 1. The molecule has 1 aromatic heterocycles. The SMILES string of the molecule is CC(F)(c1ccsc1)C1CCCNC1. The van der Waals surface area contributed by atoms with Gasteiger partial charge in [-0.25, -0.2) is 4.39 Å². The van der Waals surface area contributed by atoms with Gasteiger partial charge in [-0.05, 0) is 48.7 Å². The largest absolute Gasteiger partial charge is 0.316 e. The minimum atomic E-state index is -1.16. The molecule has 1 aliphatic heterocycles. The Balaban J connectivity index is 2.14. The van der Waals surface area contributed by atoms with Gasteiger partial charge in [-0.3, -0.25) is 0 Å². The van der Waals surface area contributed by atoms with E-state index in [0.717, 1.165) is 31.5 Å². The number of thiophene rings is 1. The van der Waals surface area contributed by atoms with Crippen LogP contribution in [-0.2, 0) is 5.67 Å². The van der Waals surface area contributed by atoms with Crippen molar-refractivity contribution in [3.63, 3.8) is 0 Å². The molecule has 0 saturated carbocycles. The van der Waals surface area contributed by atoms with E-state index in [2.05, 4.69) is 5.32 Å². The lowest BCUT2D eigenvalue weighted by Crippen LogP contribution is -2.39. The summed E-state index contributed by atoms with van der Waals surface area (Å²) in [6, 6.07) is 1.90. The second-order valence-corrected chi connectivity index (χ2v) is 4.91. The zero-order valence-electron chi connectivity index (χ0n) is 8.42. The molecule has 3 heteroatoms. The van der Waals surface area contributed by atoms with Gasteiger partial charge in [0.2, 0.25) is 0 Å². The molecule has 78 valence electrons. The van der Waals surface area contributed by atoms with E-state index in [-0.39, 0.29) is 5.92 Å². The fourth-order valence-corrected chi connectivity index (χ4v) is 2.85. The van der Waals surface area contributed by atoms with Crippen molar-refractivity contribution < 1.29 is 4.39 Å². The molecule has 0 aromatic carbocycles. The maximum Gasteiger partial charge on any atom is 0.138 e. The average molecular weight is 213 g/mol. The van der Waals surface area contributed by atoms with Crippen LogP contribution in [0.2, 0.25) is 0 Å². The maximum absolute atomic E-state index is 14.5. The Morgan fingerprint density at radius 2 is 2.50 bits per heavy atom. The second kappa shape index (κ2) is 3.99. The van der Waals surface area contributed by atoms with Gasteiger partial charge < -0.3 is 5.32 Å². The molecule has 1 N–H and O–H groups in total. The van der Waals surface area contributed by atoms with Crippen molar-refractivity contribution >= 4 is 11.3 Å². The van der Waals surface area contributed by atoms with Gasteiger partial charge in [0.05, 0.1) is 0 Å². The molecule has 14 heavy (non-hydrogen) atoms. The first kappa shape index (κ1) is 10.1. The van der Waals surface area contributed by atoms with Gasteiger partial charge in [-0.2, -0.15) is 11.3 Å². The highest BCUT2D eigenvalue weighted by Gasteiger charge is 2.36. The van der Waals surface area contributed by atoms with E-state index >= 15 is 0 Å². The Morgan fingerprint density at radius 3 is 3.07 bits per heavy atom. The summed E-state index contributed by atoms with van der Waals surface area (Å²) < 4.78 is 14.5. The molecule has 2 rings (SSSR count). The smallest absolute Gasteiger partial charge is 0.138 e. The van der Waals surface area contributed by atoms with Crippen LogP contribution in [-0.4, -0.2) is 13.1 Å². The third-order valence-electron chi connectivity index (χ3n) is 3.15. The number of rotatable bonds is 2. The zero-order valence-corrected chi connectivity index (χ0v) is 9.24. The molecule has 2 unspecified atom stereocenters. The summed E-state index contributed by atoms with van der Waals surface area (Å²) in [5.74, 6) is 0.130. The lowest BCUT2D eigenvalue weighted by Gasteiger charge is -2.33. The van der Waals surface area contributed by atoms with Crippen molar-refractivity contribution in [3.8, 4) is 0 Å². The highest BCUT2D eigenvalue weighted by Crippen LogP contribution is 2.38. The summed E-state index contributed by atoms with van der Waals surface area (Å²) in [6.07, 6.45) is 2.09. The molecule has 0 radical (unpaired) electrons. The molecule has 1 aliphatic rings. The topological polar surface area (TPSA) is 12.0 Å². The van der Waals surface area contributed by atoms with Crippen LogP contribution < -0.4 is 5.32 Å². The van der Waals surface area contributed by atoms with E-state index in [0.29, 0.717) is 0 Å². The number of halogens is 1. The van der Waals surface area contributed by atoms with Crippen molar-refractivity contribution in [1.29, 1.82) is 0 Å². The molecule has 1 fully saturated rings. The van der Waals surface area contributed by atoms with Crippen molar-refractivity contribution in [2.75, 3.05) is 13.1 Å². The first-order chi connectivity index (χ1) is 6.71. The molecule has 0 spiro atoms. The van der Waals surface area contributed by atoms with Crippen LogP contribution in [0.5, 0.6) is 0 Å². The fraction of sp³-hybridized carbons (Fsp3) is 0.636. The zero-order chi connectivity index (χ0) is 10.0. The first-order valence-electron chi connectivity index (χ1n) is 5.13. The summed E-state index contributed by atoms with van der Waals surface area (Å²) in [6.45, 7) is 3.56. The van der Waals surface area contributed by atoms with Crippen LogP contribution in [0.15, 0.2) is 16.8 Å². The molecular weight excluding hydrogens is 197 g/mol. The number of alkyl halides is 1. The Morgan fingerprint density at radius 1 is 1.64 bits per heavy atom. The predicted molar refractivity (Wildman–Crippen MR) is 58.4 cm³/mol. The van der Waals surface area contributed by atoms with E-state index in [1.54, 1.807) is 18.3 Å². The molecule has 1 saturated heterocycles. The van der Waals surface area contributed by atoms with Gasteiger partial charge >= 0.3 is 0 Å². The Bertz CT molecular complexity index is 275. The van der Waals surface area contributed by atoms with Crippen molar-refractivity contribution in [1.82, 2.24) is 5.32 Å². The first-order valence-corrected chi connectivity index (χ1v) is 6.08. The quantitative estimate of drug-likeness (QED) is 0.796. The maximum atomic E-state index is 14.5. The van der Waals surface area contributed by atoms with Crippen LogP contribution >= 0.6 is 11.3 Å². The van der Waals surface area contributed by atoms with E-state index in [4.69, 9.17) is 0 Å². The summed E-state index contributed by atoms with van der Waals surface area (Å²) >= 11 is 1.57. The monoisotopic (exact) mass is 213 g/mol. The van der Waals surface area contributed by atoms with E-state index in [1.807, 2.05) is 16.8 Å². The van der Waals surface area contributed by atoms with E-state index < -0.39 is 5.67 Å². The summed E-state index contributed by atoms with van der Waals surface area (Å²) in [4.78, 5) is 0. The Hall–Kier alpha value is -0.410. The van der Waals surface area contributed by atoms with Gasteiger partial charge in [-0.15, -0.1) is 0 Å². The van der Waals surface area contributed by atoms with Gasteiger partial charge in [0, 0.05) is 12.5 Å². The summed E-state index contributed by atoms with van der Waals surface area (Å²) in [7, 11) is 0. The highest BCUT2D eigenvalue weighted by molar-refractivity contribution is 7.08. The lowest BCUT2D eigenvalue weighted by molar-refractivity contribution is 0.0816. The molecular formula is C11H16FNS. The molecule has 0 aliphatic carbocycles. The fourth-order valence-electron chi connectivity index (χ4n) is 2.09. The van der Waals surface area contributed by atoms with Crippen LogP contribution in [0, 0.1) is 5.92 Å². The molecule has 0 amide bonds. The third kappa shape index (κ3) is 1.84. The molecule has 2 heterocycles. The van der Waals surface area contributed by atoms with Gasteiger partial charge in [0.25, 0.3) is 0 Å². The van der Waals surface area contributed by atoms with Crippen molar-refractivity contribution in [2.24, 2.45) is 5.92 Å². The highest BCUT2D eigenvalue weighted by atomic mass is 32.1. The van der Waals surface area contributed by atoms with Crippen molar-refractivity contribution in [3.05, 3.63) is 22.4 Å². The third-order valence-corrected chi connectivity index (χ3v) is 3.83. The standard InChI is InChI=1S/C11H16FNS/c1-11(12,10-4-6-14-8-10)9-3-2-5-13-7-9/h4,6,8-9,13H,2-3,5,7H2,1H3. The molecule has 2 atom stereocenters. The van der Waals surface area contributed by atoms with Crippen LogP contribution in [0.25, 0.3) is 0 Å². The predicted octanol–water partition coefficient (Wildman–Crippen LogP) is 2.93. The van der Waals surface area contributed by atoms with Crippen LogP contribution in [0.1, 0.15) is 25.3 Å². The van der Waals surface area contributed by atoms with Gasteiger partial charge in [0.1, 0.15) is 5.67 Å². The number of nitrogens with one attached hydrogen (secondary N) is 1. The summed E-state index contributed by atoms with van der Waals surface area (Å²) in [5.41, 5.74) is -0.316. The molecule has 1 nitrogen and oxygen atoms in total. The van der Waals surface area contributed by atoms with Gasteiger partial charge in [-0.1, -0.05) is 0 Å². The number of hydrogen-bond acceptors (Lipinski definition) is 2. The minimum Gasteiger partial charge on any atom is -0.316 e. The summed E-state index contributed by atoms with van der Waals surface area (Å²) in [5, 5.41) is 7.14.